The fourth-order valence-electron chi connectivity index (χ4n) is 2.33. The summed E-state index contributed by atoms with van der Waals surface area (Å²) in [6.45, 7) is 14.5. The average Bonchev–Trinajstić information content (AvgIpc) is 2.11. The zero-order valence-corrected chi connectivity index (χ0v) is 11.5. The smallest absolute Gasteiger partial charge is 0.0239 e. The van der Waals surface area contributed by atoms with Crippen molar-refractivity contribution in [3.63, 3.8) is 0 Å². The Hall–Kier alpha value is -0.820. The van der Waals surface area contributed by atoms with E-state index in [0.717, 1.165) is 6.54 Å². The number of hydrogen-bond acceptors (Lipinski definition) is 1. The van der Waals surface area contributed by atoms with Gasteiger partial charge >= 0.3 is 0 Å². The van der Waals surface area contributed by atoms with Crippen LogP contribution in [-0.2, 0) is 6.54 Å². The summed E-state index contributed by atoms with van der Waals surface area (Å²) in [7, 11) is 0. The number of hydrogen-bond donors (Lipinski definition) is 0. The van der Waals surface area contributed by atoms with Crippen LogP contribution >= 0.6 is 0 Å². The molecule has 0 aliphatic carbocycles. The van der Waals surface area contributed by atoms with Crippen molar-refractivity contribution in [3.8, 4) is 0 Å². The second kappa shape index (κ2) is 5.49. The molecule has 0 saturated heterocycles. The highest BCUT2D eigenvalue weighted by Crippen LogP contribution is 2.15. The van der Waals surface area contributed by atoms with Gasteiger partial charge in [0.05, 0.1) is 0 Å². The Morgan fingerprint density at radius 1 is 0.875 bits per heavy atom. The molecule has 0 spiro atoms. The molecular weight excluding hydrogens is 194 g/mol. The molecule has 0 bridgehead atoms. The molecule has 16 heavy (non-hydrogen) atoms. The zero-order valence-electron chi connectivity index (χ0n) is 11.5. The fourth-order valence-corrected chi connectivity index (χ4v) is 2.33. The summed E-state index contributed by atoms with van der Waals surface area (Å²) in [5.41, 5.74) is 4.16. The van der Waals surface area contributed by atoms with Gasteiger partial charge in [-0.1, -0.05) is 29.3 Å². The van der Waals surface area contributed by atoms with Crippen LogP contribution in [0.3, 0.4) is 0 Å². The Morgan fingerprint density at radius 2 is 1.31 bits per heavy atom. The molecule has 0 amide bonds. The molecule has 0 aliphatic heterocycles. The predicted octanol–water partition coefficient (Wildman–Crippen LogP) is 3.92. The molecule has 0 saturated carbocycles. The highest BCUT2D eigenvalue weighted by atomic mass is 15.2. The van der Waals surface area contributed by atoms with Gasteiger partial charge in [-0.25, -0.2) is 0 Å². The molecule has 0 radical (unpaired) electrons. The van der Waals surface area contributed by atoms with Crippen LogP contribution < -0.4 is 0 Å². The van der Waals surface area contributed by atoms with Gasteiger partial charge in [0.1, 0.15) is 0 Å². The van der Waals surface area contributed by atoms with Gasteiger partial charge < -0.3 is 0 Å². The summed E-state index contributed by atoms with van der Waals surface area (Å²) < 4.78 is 0. The van der Waals surface area contributed by atoms with Crippen LogP contribution in [0, 0.1) is 13.8 Å². The van der Waals surface area contributed by atoms with Crippen LogP contribution in [0.5, 0.6) is 0 Å². The normalized spacial score (nSPS) is 11.8. The van der Waals surface area contributed by atoms with Gasteiger partial charge in [0.15, 0.2) is 0 Å². The van der Waals surface area contributed by atoms with Crippen LogP contribution in [0.15, 0.2) is 18.2 Å². The summed E-state index contributed by atoms with van der Waals surface area (Å²) in [6, 6.07) is 8.02. The van der Waals surface area contributed by atoms with Gasteiger partial charge in [-0.2, -0.15) is 0 Å². The van der Waals surface area contributed by atoms with Gasteiger partial charge in [-0.15, -0.1) is 0 Å². The second-order valence-corrected chi connectivity index (χ2v) is 5.36. The predicted molar refractivity (Wildman–Crippen MR) is 71.7 cm³/mol. The van der Waals surface area contributed by atoms with Crippen molar-refractivity contribution >= 4 is 0 Å². The Bertz CT molecular complexity index is 311. The van der Waals surface area contributed by atoms with E-state index in [4.69, 9.17) is 0 Å². The third-order valence-electron chi connectivity index (χ3n) is 2.97. The van der Waals surface area contributed by atoms with Gasteiger partial charge in [0.25, 0.3) is 0 Å². The topological polar surface area (TPSA) is 3.24 Å². The quantitative estimate of drug-likeness (QED) is 0.742. The lowest BCUT2D eigenvalue weighted by atomic mass is 10.1. The lowest BCUT2D eigenvalue weighted by molar-refractivity contribution is 0.166. The van der Waals surface area contributed by atoms with Crippen molar-refractivity contribution < 1.29 is 0 Å². The van der Waals surface area contributed by atoms with E-state index in [1.54, 1.807) is 0 Å². The molecule has 0 heterocycles. The zero-order chi connectivity index (χ0) is 12.3. The van der Waals surface area contributed by atoms with E-state index in [1.165, 1.54) is 16.7 Å². The van der Waals surface area contributed by atoms with Crippen LogP contribution in [0.4, 0.5) is 0 Å². The van der Waals surface area contributed by atoms with E-state index in [2.05, 4.69) is 64.6 Å². The van der Waals surface area contributed by atoms with Crippen molar-refractivity contribution in [3.05, 3.63) is 34.9 Å². The average molecular weight is 219 g/mol. The standard InChI is InChI=1S/C15H25N/c1-11(2)16(12(3)4)10-15-8-13(5)7-14(6)9-15/h7-9,11-12H,10H2,1-6H3. The van der Waals surface area contributed by atoms with E-state index in [9.17, 15) is 0 Å². The minimum absolute atomic E-state index is 0.598. The SMILES string of the molecule is Cc1cc(C)cc(CN(C(C)C)C(C)C)c1. The molecule has 0 N–H and O–H groups in total. The summed E-state index contributed by atoms with van der Waals surface area (Å²) in [5.74, 6) is 0. The number of benzene rings is 1. The molecule has 1 nitrogen and oxygen atoms in total. The molecule has 90 valence electrons. The molecule has 0 fully saturated rings. The van der Waals surface area contributed by atoms with E-state index in [0.29, 0.717) is 12.1 Å². The lowest BCUT2D eigenvalue weighted by Gasteiger charge is -2.30. The highest BCUT2D eigenvalue weighted by Gasteiger charge is 2.13. The molecule has 1 heteroatoms. The summed E-state index contributed by atoms with van der Waals surface area (Å²) in [6.07, 6.45) is 0. The van der Waals surface area contributed by atoms with Crippen molar-refractivity contribution in [2.75, 3.05) is 0 Å². The van der Waals surface area contributed by atoms with Crippen molar-refractivity contribution in [2.24, 2.45) is 0 Å². The number of nitrogens with zero attached hydrogens (tertiary/aromatic N) is 1. The molecular formula is C15H25N. The first-order valence-electron chi connectivity index (χ1n) is 6.23. The highest BCUT2D eigenvalue weighted by molar-refractivity contribution is 5.28. The molecule has 1 rings (SSSR count). The maximum absolute atomic E-state index is 2.52. The monoisotopic (exact) mass is 219 g/mol. The Labute approximate surface area is 100 Å². The first kappa shape index (κ1) is 13.2. The van der Waals surface area contributed by atoms with E-state index in [-0.39, 0.29) is 0 Å². The second-order valence-electron chi connectivity index (χ2n) is 5.36. The Kier molecular flexibility index (Phi) is 4.55. The lowest BCUT2D eigenvalue weighted by Crippen LogP contribution is -2.36. The third kappa shape index (κ3) is 3.64. The molecule has 0 aromatic heterocycles. The van der Waals surface area contributed by atoms with Gasteiger partial charge in [-0.3, -0.25) is 4.90 Å². The summed E-state index contributed by atoms with van der Waals surface area (Å²) in [4.78, 5) is 2.52. The molecule has 0 unspecified atom stereocenters. The third-order valence-corrected chi connectivity index (χ3v) is 2.97. The van der Waals surface area contributed by atoms with Crippen molar-refractivity contribution in [2.45, 2.75) is 60.2 Å². The first-order valence-corrected chi connectivity index (χ1v) is 6.23. The van der Waals surface area contributed by atoms with Crippen LogP contribution in [0.25, 0.3) is 0 Å². The Morgan fingerprint density at radius 3 is 1.69 bits per heavy atom. The van der Waals surface area contributed by atoms with E-state index in [1.807, 2.05) is 0 Å². The largest absolute Gasteiger partial charge is 0.294 e. The minimum atomic E-state index is 0.598. The van der Waals surface area contributed by atoms with Crippen LogP contribution in [0.2, 0.25) is 0 Å². The minimum Gasteiger partial charge on any atom is -0.294 e. The van der Waals surface area contributed by atoms with E-state index < -0.39 is 0 Å². The fraction of sp³-hybridized carbons (Fsp3) is 0.600. The molecule has 0 aliphatic rings. The summed E-state index contributed by atoms with van der Waals surface area (Å²) in [5, 5.41) is 0. The van der Waals surface area contributed by atoms with Gasteiger partial charge in [0, 0.05) is 18.6 Å². The van der Waals surface area contributed by atoms with E-state index >= 15 is 0 Å². The van der Waals surface area contributed by atoms with Crippen molar-refractivity contribution in [1.29, 1.82) is 0 Å². The maximum atomic E-state index is 2.52. The molecule has 1 aromatic rings. The number of aryl methyl sites for hydroxylation is 2. The van der Waals surface area contributed by atoms with Gasteiger partial charge in [-0.05, 0) is 47.1 Å². The van der Waals surface area contributed by atoms with Gasteiger partial charge in [0.2, 0.25) is 0 Å². The summed E-state index contributed by atoms with van der Waals surface area (Å²) >= 11 is 0. The number of rotatable bonds is 4. The maximum Gasteiger partial charge on any atom is 0.0239 e. The molecule has 0 atom stereocenters. The van der Waals surface area contributed by atoms with Crippen LogP contribution in [-0.4, -0.2) is 17.0 Å². The van der Waals surface area contributed by atoms with Crippen LogP contribution in [0.1, 0.15) is 44.4 Å². The van der Waals surface area contributed by atoms with Crippen molar-refractivity contribution in [1.82, 2.24) is 4.90 Å². The Balaban J connectivity index is 2.85. The first-order chi connectivity index (χ1) is 7.40. The molecule has 1 aromatic carbocycles.